The summed E-state index contributed by atoms with van der Waals surface area (Å²) in [5, 5.41) is 2.01. The lowest BCUT2D eigenvalue weighted by Gasteiger charge is -2.17. The molecule has 1 aliphatic heterocycles. The van der Waals surface area contributed by atoms with E-state index in [0.29, 0.717) is 0 Å². The second-order valence-corrected chi connectivity index (χ2v) is 4.47. The average Bonchev–Trinajstić information content (AvgIpc) is 2.52. The van der Waals surface area contributed by atoms with E-state index in [1.165, 1.54) is 23.1 Å². The summed E-state index contributed by atoms with van der Waals surface area (Å²) in [6, 6.07) is -0.513. The van der Waals surface area contributed by atoms with Gasteiger partial charge < -0.3 is 5.73 Å². The lowest BCUT2D eigenvalue weighted by atomic mass is 10.1. The van der Waals surface area contributed by atoms with Gasteiger partial charge >= 0.3 is 0 Å². The summed E-state index contributed by atoms with van der Waals surface area (Å²) in [7, 11) is 0. The lowest BCUT2D eigenvalue weighted by Crippen LogP contribution is -2.24. The summed E-state index contributed by atoms with van der Waals surface area (Å²) >= 11 is 1.52. The number of thiophene rings is 1. The molecule has 0 fully saturated rings. The highest BCUT2D eigenvalue weighted by Gasteiger charge is 2.27. The standard InChI is InChI=1S/C10H12FN3S/c1-5-4-15-9(6(5)2)8-7(11)3-13-10(12)14-8/h3-4,7-8H,1-2H3,(H2,12,14). The van der Waals surface area contributed by atoms with Crippen molar-refractivity contribution in [3.05, 3.63) is 21.4 Å². The molecule has 1 aliphatic rings. The molecule has 0 saturated carbocycles. The van der Waals surface area contributed by atoms with E-state index in [1.807, 2.05) is 19.2 Å². The van der Waals surface area contributed by atoms with Gasteiger partial charge in [-0.15, -0.1) is 11.3 Å². The fourth-order valence-electron chi connectivity index (χ4n) is 1.49. The third-order valence-electron chi connectivity index (χ3n) is 2.51. The monoisotopic (exact) mass is 225 g/mol. The quantitative estimate of drug-likeness (QED) is 0.782. The fourth-order valence-corrected chi connectivity index (χ4v) is 2.63. The van der Waals surface area contributed by atoms with Crippen molar-refractivity contribution in [1.82, 2.24) is 0 Å². The third-order valence-corrected chi connectivity index (χ3v) is 3.79. The Morgan fingerprint density at radius 1 is 1.47 bits per heavy atom. The minimum atomic E-state index is -1.17. The largest absolute Gasteiger partial charge is 0.368 e. The highest BCUT2D eigenvalue weighted by Crippen LogP contribution is 2.33. The van der Waals surface area contributed by atoms with Crippen molar-refractivity contribution in [2.24, 2.45) is 15.7 Å². The predicted octanol–water partition coefficient (Wildman–Crippen LogP) is 2.14. The summed E-state index contributed by atoms with van der Waals surface area (Å²) in [4.78, 5) is 8.63. The van der Waals surface area contributed by atoms with E-state index in [9.17, 15) is 4.39 Å². The average molecular weight is 225 g/mol. The SMILES string of the molecule is Cc1csc(C2N=C(N)N=CC2F)c1C. The molecular weight excluding hydrogens is 213 g/mol. The van der Waals surface area contributed by atoms with E-state index in [2.05, 4.69) is 9.98 Å². The number of hydrogen-bond donors (Lipinski definition) is 1. The molecule has 3 nitrogen and oxygen atoms in total. The van der Waals surface area contributed by atoms with Crippen LogP contribution < -0.4 is 5.73 Å². The van der Waals surface area contributed by atoms with Crippen molar-refractivity contribution >= 4 is 23.5 Å². The molecule has 0 spiro atoms. The molecule has 5 heteroatoms. The van der Waals surface area contributed by atoms with Crippen LogP contribution in [0, 0.1) is 13.8 Å². The van der Waals surface area contributed by atoms with Crippen molar-refractivity contribution in [3.63, 3.8) is 0 Å². The topological polar surface area (TPSA) is 50.7 Å². The Kier molecular flexibility index (Phi) is 2.56. The molecule has 0 bridgehead atoms. The van der Waals surface area contributed by atoms with Crippen LogP contribution in [0.1, 0.15) is 22.0 Å². The maximum absolute atomic E-state index is 13.6. The van der Waals surface area contributed by atoms with Gasteiger partial charge in [0.25, 0.3) is 0 Å². The summed E-state index contributed by atoms with van der Waals surface area (Å²) in [6.45, 7) is 3.98. The molecule has 0 amide bonds. The van der Waals surface area contributed by atoms with Crippen LogP contribution >= 0.6 is 11.3 Å². The van der Waals surface area contributed by atoms with Gasteiger partial charge in [-0.1, -0.05) is 0 Å². The van der Waals surface area contributed by atoms with Gasteiger partial charge in [0.05, 0.1) is 0 Å². The normalized spacial score (nSPS) is 25.4. The number of nitrogens with two attached hydrogens (primary N) is 1. The van der Waals surface area contributed by atoms with Gasteiger partial charge in [-0.25, -0.2) is 14.4 Å². The number of nitrogens with zero attached hydrogens (tertiary/aromatic N) is 2. The summed E-state index contributed by atoms with van der Waals surface area (Å²) in [6.07, 6.45) is 0.0515. The van der Waals surface area contributed by atoms with Crippen LogP contribution in [0.3, 0.4) is 0 Å². The molecule has 0 aliphatic carbocycles. The first kappa shape index (κ1) is 10.3. The molecule has 0 radical (unpaired) electrons. The molecule has 2 N–H and O–H groups in total. The molecule has 2 unspecified atom stereocenters. The molecule has 2 heterocycles. The van der Waals surface area contributed by atoms with Gasteiger partial charge in [0.2, 0.25) is 5.96 Å². The van der Waals surface area contributed by atoms with Gasteiger partial charge in [-0.3, -0.25) is 0 Å². The second kappa shape index (κ2) is 3.73. The Morgan fingerprint density at radius 3 is 2.80 bits per heavy atom. The van der Waals surface area contributed by atoms with E-state index in [0.717, 1.165) is 10.4 Å². The molecule has 1 aromatic heterocycles. The van der Waals surface area contributed by atoms with Crippen molar-refractivity contribution in [2.45, 2.75) is 26.1 Å². The Labute approximate surface area is 91.6 Å². The first-order chi connectivity index (χ1) is 7.09. The van der Waals surface area contributed by atoms with Gasteiger partial charge in [0.1, 0.15) is 6.04 Å². The molecule has 2 atom stereocenters. The van der Waals surface area contributed by atoms with Gasteiger partial charge in [-0.05, 0) is 30.4 Å². The van der Waals surface area contributed by atoms with Crippen LogP contribution in [0.4, 0.5) is 4.39 Å². The summed E-state index contributed by atoms with van der Waals surface area (Å²) in [5.41, 5.74) is 7.73. The minimum absolute atomic E-state index is 0.152. The number of hydrogen-bond acceptors (Lipinski definition) is 4. The summed E-state index contributed by atoms with van der Waals surface area (Å²) < 4.78 is 13.6. The van der Waals surface area contributed by atoms with E-state index >= 15 is 0 Å². The van der Waals surface area contributed by atoms with E-state index < -0.39 is 12.2 Å². The smallest absolute Gasteiger partial charge is 0.215 e. The van der Waals surface area contributed by atoms with Gasteiger partial charge in [0, 0.05) is 11.1 Å². The number of alkyl halides is 1. The molecule has 0 saturated heterocycles. The maximum atomic E-state index is 13.6. The first-order valence-electron chi connectivity index (χ1n) is 4.65. The first-order valence-corrected chi connectivity index (χ1v) is 5.53. The number of aliphatic imine (C=N–C) groups is 2. The molecule has 0 aromatic carbocycles. The Hall–Kier alpha value is -1.23. The molecule has 2 rings (SSSR count). The van der Waals surface area contributed by atoms with Crippen molar-refractivity contribution < 1.29 is 4.39 Å². The zero-order chi connectivity index (χ0) is 11.0. The molecule has 15 heavy (non-hydrogen) atoms. The molecule has 80 valence electrons. The van der Waals surface area contributed by atoms with Crippen molar-refractivity contribution in [3.8, 4) is 0 Å². The van der Waals surface area contributed by atoms with Gasteiger partial charge in [0.15, 0.2) is 6.17 Å². The van der Waals surface area contributed by atoms with Crippen LogP contribution in [0.25, 0.3) is 0 Å². The minimum Gasteiger partial charge on any atom is -0.368 e. The highest BCUT2D eigenvalue weighted by molar-refractivity contribution is 7.10. The predicted molar refractivity (Wildman–Crippen MR) is 61.5 cm³/mol. The number of rotatable bonds is 1. The Bertz CT molecular complexity index is 436. The highest BCUT2D eigenvalue weighted by atomic mass is 32.1. The number of guanidine groups is 1. The number of aryl methyl sites for hydroxylation is 1. The van der Waals surface area contributed by atoms with Crippen molar-refractivity contribution in [1.29, 1.82) is 0 Å². The van der Waals surface area contributed by atoms with Gasteiger partial charge in [-0.2, -0.15) is 0 Å². The fraction of sp³-hybridized carbons (Fsp3) is 0.400. The zero-order valence-corrected chi connectivity index (χ0v) is 9.38. The second-order valence-electron chi connectivity index (χ2n) is 3.56. The summed E-state index contributed by atoms with van der Waals surface area (Å²) in [5.74, 6) is 0.152. The maximum Gasteiger partial charge on any atom is 0.215 e. The van der Waals surface area contributed by atoms with Crippen LogP contribution in [-0.2, 0) is 0 Å². The Balaban J connectivity index is 2.39. The van der Waals surface area contributed by atoms with Crippen LogP contribution in [0.5, 0.6) is 0 Å². The lowest BCUT2D eigenvalue weighted by molar-refractivity contribution is 0.374. The van der Waals surface area contributed by atoms with E-state index in [-0.39, 0.29) is 5.96 Å². The van der Waals surface area contributed by atoms with Crippen LogP contribution in [0.15, 0.2) is 15.4 Å². The Morgan fingerprint density at radius 2 is 2.20 bits per heavy atom. The van der Waals surface area contributed by atoms with Crippen molar-refractivity contribution in [2.75, 3.05) is 0 Å². The number of halogens is 1. The third kappa shape index (κ3) is 1.79. The molecular formula is C10H12FN3S. The van der Waals surface area contributed by atoms with E-state index in [4.69, 9.17) is 5.73 Å². The zero-order valence-electron chi connectivity index (χ0n) is 8.57. The van der Waals surface area contributed by atoms with E-state index in [1.54, 1.807) is 0 Å². The molecule has 1 aromatic rings. The van der Waals surface area contributed by atoms with Crippen LogP contribution in [-0.4, -0.2) is 18.3 Å². The van der Waals surface area contributed by atoms with Crippen LogP contribution in [0.2, 0.25) is 0 Å².